The molecule has 4 rings (SSSR count). The van der Waals surface area contributed by atoms with E-state index in [1.165, 1.54) is 6.33 Å². The van der Waals surface area contributed by atoms with E-state index in [0.29, 0.717) is 25.6 Å². The first-order valence-electron chi connectivity index (χ1n) is 9.56. The molecule has 0 saturated carbocycles. The minimum Gasteiger partial charge on any atom is -0.396 e. The number of ether oxygens (including phenoxy) is 1. The van der Waals surface area contributed by atoms with E-state index in [1.807, 2.05) is 4.57 Å². The molecule has 4 heterocycles. The van der Waals surface area contributed by atoms with E-state index < -0.39 is 0 Å². The van der Waals surface area contributed by atoms with Crippen LogP contribution in [0.2, 0.25) is 0 Å². The van der Waals surface area contributed by atoms with Gasteiger partial charge in [-0.3, -0.25) is 4.79 Å². The lowest BCUT2D eigenvalue weighted by atomic mass is 9.92. The van der Waals surface area contributed by atoms with Gasteiger partial charge < -0.3 is 25.0 Å². The summed E-state index contributed by atoms with van der Waals surface area (Å²) in [5.74, 6) is 0.784. The molecule has 0 bridgehead atoms. The minimum atomic E-state index is -0.264. The maximum Gasteiger partial charge on any atom is 0.222 e. The highest BCUT2D eigenvalue weighted by Gasteiger charge is 2.28. The van der Waals surface area contributed by atoms with E-state index in [1.54, 1.807) is 6.33 Å². The van der Waals surface area contributed by atoms with Crippen LogP contribution in [0.5, 0.6) is 0 Å². The summed E-state index contributed by atoms with van der Waals surface area (Å²) in [5, 5.41) is 9.82. The van der Waals surface area contributed by atoms with E-state index in [2.05, 4.69) is 19.9 Å². The van der Waals surface area contributed by atoms with Crippen LogP contribution in [0.25, 0.3) is 11.2 Å². The first-order chi connectivity index (χ1) is 13.2. The maximum atomic E-state index is 11.6. The average molecular weight is 374 g/mol. The normalized spacial score (nSPS) is 24.4. The molecule has 2 saturated heterocycles. The second kappa shape index (κ2) is 7.77. The number of amides is 1. The lowest BCUT2D eigenvalue weighted by Crippen LogP contribution is -2.41. The fourth-order valence-electron chi connectivity index (χ4n) is 4.17. The molecule has 0 aliphatic carbocycles. The van der Waals surface area contributed by atoms with E-state index in [9.17, 15) is 9.90 Å². The highest BCUT2D eigenvalue weighted by Crippen LogP contribution is 2.28. The molecule has 27 heavy (non-hydrogen) atoms. The van der Waals surface area contributed by atoms with Gasteiger partial charge in [0.25, 0.3) is 0 Å². The summed E-state index contributed by atoms with van der Waals surface area (Å²) in [5.41, 5.74) is 6.97. The summed E-state index contributed by atoms with van der Waals surface area (Å²) < 4.78 is 7.45. The van der Waals surface area contributed by atoms with Crippen molar-refractivity contribution in [3.8, 4) is 0 Å². The van der Waals surface area contributed by atoms with Crippen LogP contribution < -0.4 is 10.6 Å². The number of fused-ring (bicyclic) bond motifs is 1. The van der Waals surface area contributed by atoms with Crippen molar-refractivity contribution in [2.24, 2.45) is 23.5 Å². The summed E-state index contributed by atoms with van der Waals surface area (Å²) in [6.45, 7) is 3.59. The first-order valence-corrected chi connectivity index (χ1v) is 9.56. The third-order valence-electron chi connectivity index (χ3n) is 5.80. The van der Waals surface area contributed by atoms with Gasteiger partial charge in [0, 0.05) is 45.4 Å². The molecule has 0 radical (unpaired) electrons. The maximum absolute atomic E-state index is 11.6. The quantitative estimate of drug-likeness (QED) is 0.740. The van der Waals surface area contributed by atoms with Crippen LogP contribution in [0.4, 0.5) is 5.82 Å². The van der Waals surface area contributed by atoms with Crippen LogP contribution in [0.15, 0.2) is 12.7 Å². The largest absolute Gasteiger partial charge is 0.396 e. The van der Waals surface area contributed by atoms with Crippen molar-refractivity contribution in [2.45, 2.75) is 25.8 Å². The van der Waals surface area contributed by atoms with Gasteiger partial charge in [-0.25, -0.2) is 15.0 Å². The fourth-order valence-corrected chi connectivity index (χ4v) is 4.17. The zero-order chi connectivity index (χ0) is 18.8. The number of aromatic nitrogens is 4. The second-order valence-corrected chi connectivity index (χ2v) is 7.52. The predicted molar refractivity (Wildman–Crippen MR) is 99.0 cm³/mol. The number of nitrogens with zero attached hydrogens (tertiary/aromatic N) is 5. The molecule has 9 heteroatoms. The van der Waals surface area contributed by atoms with Crippen LogP contribution >= 0.6 is 0 Å². The van der Waals surface area contributed by atoms with Gasteiger partial charge in [0.2, 0.25) is 5.91 Å². The summed E-state index contributed by atoms with van der Waals surface area (Å²) in [6, 6.07) is 0. The predicted octanol–water partition coefficient (Wildman–Crippen LogP) is 0.173. The van der Waals surface area contributed by atoms with Crippen molar-refractivity contribution in [1.82, 2.24) is 19.5 Å². The van der Waals surface area contributed by atoms with E-state index in [0.717, 1.165) is 49.4 Å². The van der Waals surface area contributed by atoms with Gasteiger partial charge in [-0.2, -0.15) is 0 Å². The number of primary amides is 1. The molecule has 2 aromatic rings. The summed E-state index contributed by atoms with van der Waals surface area (Å²) >= 11 is 0. The zero-order valence-electron chi connectivity index (χ0n) is 15.3. The number of carbonyl (C=O) groups excluding carboxylic acids is 1. The van der Waals surface area contributed by atoms with Crippen molar-refractivity contribution < 1.29 is 14.6 Å². The van der Waals surface area contributed by atoms with Gasteiger partial charge >= 0.3 is 0 Å². The first kappa shape index (κ1) is 18.1. The molecular weight excluding hydrogens is 348 g/mol. The molecular formula is C18H26N6O3. The Morgan fingerprint density at radius 3 is 3.00 bits per heavy atom. The zero-order valence-corrected chi connectivity index (χ0v) is 15.3. The van der Waals surface area contributed by atoms with Crippen LogP contribution in [0.1, 0.15) is 19.3 Å². The topological polar surface area (TPSA) is 119 Å². The average Bonchev–Trinajstić information content (AvgIpc) is 3.36. The molecule has 1 amide bonds. The number of imidazole rings is 1. The minimum absolute atomic E-state index is 0.109. The highest BCUT2D eigenvalue weighted by atomic mass is 16.5. The van der Waals surface area contributed by atoms with Crippen LogP contribution in [-0.4, -0.2) is 63.4 Å². The van der Waals surface area contributed by atoms with E-state index >= 15 is 0 Å². The number of rotatable bonds is 6. The summed E-state index contributed by atoms with van der Waals surface area (Å²) in [7, 11) is 0. The lowest BCUT2D eigenvalue weighted by Gasteiger charge is -2.32. The highest BCUT2D eigenvalue weighted by molar-refractivity contribution is 5.84. The third kappa shape index (κ3) is 3.61. The number of aliphatic hydroxyl groups excluding tert-OH is 1. The Balaban J connectivity index is 1.58. The number of carbonyl (C=O) groups is 1. The van der Waals surface area contributed by atoms with Crippen molar-refractivity contribution in [3.63, 3.8) is 0 Å². The molecule has 3 N–H and O–H groups in total. The number of hydrogen-bond acceptors (Lipinski definition) is 7. The monoisotopic (exact) mass is 374 g/mol. The Kier molecular flexibility index (Phi) is 5.22. The molecule has 9 nitrogen and oxygen atoms in total. The standard InChI is InChI=1S/C18H26N6O3/c19-16(26)12-2-1-4-23(6-12)17-15-18(21-10-20-17)24(11-22-15)7-14(8-25)13-3-5-27-9-13/h10-14,25H,1-9H2,(H2,19,26). The van der Waals surface area contributed by atoms with Crippen molar-refractivity contribution >= 4 is 22.9 Å². The number of aliphatic hydroxyl groups is 1. The van der Waals surface area contributed by atoms with Crippen molar-refractivity contribution in [3.05, 3.63) is 12.7 Å². The fraction of sp³-hybridized carbons (Fsp3) is 0.667. The molecule has 2 fully saturated rings. The number of piperidine rings is 1. The molecule has 3 unspecified atom stereocenters. The van der Waals surface area contributed by atoms with Crippen LogP contribution in [-0.2, 0) is 16.1 Å². The second-order valence-electron chi connectivity index (χ2n) is 7.52. The Labute approximate surface area is 157 Å². The summed E-state index contributed by atoms with van der Waals surface area (Å²) in [4.78, 5) is 27.1. The summed E-state index contributed by atoms with van der Waals surface area (Å²) in [6.07, 6.45) is 5.98. The van der Waals surface area contributed by atoms with E-state index in [4.69, 9.17) is 10.5 Å². The Hall–Kier alpha value is -2.26. The molecule has 2 aromatic heterocycles. The Bertz CT molecular complexity index is 803. The Morgan fingerprint density at radius 1 is 1.37 bits per heavy atom. The van der Waals surface area contributed by atoms with Gasteiger partial charge in [0.15, 0.2) is 17.0 Å². The smallest absolute Gasteiger partial charge is 0.222 e. The lowest BCUT2D eigenvalue weighted by molar-refractivity contribution is -0.122. The molecule has 0 aromatic carbocycles. The van der Waals surface area contributed by atoms with Gasteiger partial charge in [-0.1, -0.05) is 0 Å². The third-order valence-corrected chi connectivity index (χ3v) is 5.80. The van der Waals surface area contributed by atoms with Crippen LogP contribution in [0, 0.1) is 17.8 Å². The van der Waals surface area contributed by atoms with E-state index in [-0.39, 0.29) is 24.3 Å². The number of nitrogens with two attached hydrogens (primary N) is 1. The molecule has 146 valence electrons. The SMILES string of the molecule is NC(=O)C1CCCN(c2ncnc3c2ncn3CC(CO)C2CCOC2)C1. The molecule has 0 spiro atoms. The van der Waals surface area contributed by atoms with Crippen molar-refractivity contribution in [2.75, 3.05) is 37.8 Å². The van der Waals surface area contributed by atoms with Crippen LogP contribution in [0.3, 0.4) is 0 Å². The number of hydrogen-bond donors (Lipinski definition) is 2. The van der Waals surface area contributed by atoms with Gasteiger partial charge in [-0.15, -0.1) is 0 Å². The van der Waals surface area contributed by atoms with Gasteiger partial charge in [0.1, 0.15) is 6.33 Å². The number of anilines is 1. The molecule has 3 atom stereocenters. The van der Waals surface area contributed by atoms with Crippen molar-refractivity contribution in [1.29, 1.82) is 0 Å². The van der Waals surface area contributed by atoms with Gasteiger partial charge in [0.05, 0.1) is 12.2 Å². The Morgan fingerprint density at radius 2 is 2.26 bits per heavy atom. The van der Waals surface area contributed by atoms with Gasteiger partial charge in [-0.05, 0) is 25.2 Å². The molecule has 2 aliphatic rings. The molecule has 2 aliphatic heterocycles.